The van der Waals surface area contributed by atoms with Crippen LogP contribution in [0.25, 0.3) is 0 Å². The Bertz CT molecular complexity index is 607. The number of aromatic nitrogens is 2. The molecule has 6 nitrogen and oxygen atoms in total. The van der Waals surface area contributed by atoms with E-state index >= 15 is 0 Å². The molecule has 1 aromatic heterocycles. The Labute approximate surface area is 137 Å². The van der Waals surface area contributed by atoms with Gasteiger partial charge in [-0.1, -0.05) is 13.8 Å². The number of rotatable bonds is 3. The smallest absolute Gasteiger partial charge is 0.225 e. The molecule has 1 N–H and O–H groups in total. The van der Waals surface area contributed by atoms with Gasteiger partial charge in [0.05, 0.1) is 23.6 Å². The first-order valence-corrected chi connectivity index (χ1v) is 8.38. The molecule has 23 heavy (non-hydrogen) atoms. The summed E-state index contributed by atoms with van der Waals surface area (Å²) in [6.07, 6.45) is 1.40. The van der Waals surface area contributed by atoms with Crippen LogP contribution < -0.4 is 4.90 Å². The standard InChI is InChI=1S/C17H26N4O2/c1-12-15-13(10-17(2,3)11-14(15)23)19-16(18-12)21-6-4-20(5-7-21)8-9-22/h22H,4-11H2,1-3H3. The Morgan fingerprint density at radius 2 is 1.83 bits per heavy atom. The predicted molar refractivity (Wildman–Crippen MR) is 88.9 cm³/mol. The fraction of sp³-hybridized carbons (Fsp3) is 0.706. The van der Waals surface area contributed by atoms with Crippen LogP contribution in [0.5, 0.6) is 0 Å². The number of anilines is 1. The Hall–Kier alpha value is -1.53. The topological polar surface area (TPSA) is 69.6 Å². The Morgan fingerprint density at radius 1 is 1.13 bits per heavy atom. The molecule has 3 rings (SSSR count). The van der Waals surface area contributed by atoms with Crippen molar-refractivity contribution in [2.75, 3.05) is 44.2 Å². The third kappa shape index (κ3) is 3.38. The zero-order valence-corrected chi connectivity index (χ0v) is 14.3. The van der Waals surface area contributed by atoms with Gasteiger partial charge in [0.15, 0.2) is 5.78 Å². The quantitative estimate of drug-likeness (QED) is 0.898. The summed E-state index contributed by atoms with van der Waals surface area (Å²) in [6, 6.07) is 0. The van der Waals surface area contributed by atoms with Crippen LogP contribution in [0.2, 0.25) is 0 Å². The van der Waals surface area contributed by atoms with Gasteiger partial charge >= 0.3 is 0 Å². The van der Waals surface area contributed by atoms with Gasteiger partial charge in [0.25, 0.3) is 0 Å². The summed E-state index contributed by atoms with van der Waals surface area (Å²) in [7, 11) is 0. The number of aliphatic hydroxyl groups excluding tert-OH is 1. The van der Waals surface area contributed by atoms with E-state index in [9.17, 15) is 4.79 Å². The molecule has 0 spiro atoms. The molecule has 0 unspecified atom stereocenters. The molecule has 1 aromatic rings. The Balaban J connectivity index is 1.83. The summed E-state index contributed by atoms with van der Waals surface area (Å²) in [4.78, 5) is 26.2. The lowest BCUT2D eigenvalue weighted by Crippen LogP contribution is -2.48. The summed E-state index contributed by atoms with van der Waals surface area (Å²) < 4.78 is 0. The maximum atomic E-state index is 12.4. The van der Waals surface area contributed by atoms with Crippen LogP contribution in [-0.4, -0.2) is 65.1 Å². The molecule has 0 radical (unpaired) electrons. The number of hydrogen-bond donors (Lipinski definition) is 1. The zero-order valence-electron chi connectivity index (χ0n) is 14.3. The minimum atomic E-state index is -0.0258. The third-order valence-electron chi connectivity index (χ3n) is 4.79. The predicted octanol–water partition coefficient (Wildman–Crippen LogP) is 1.05. The van der Waals surface area contributed by atoms with Crippen LogP contribution in [0.3, 0.4) is 0 Å². The minimum Gasteiger partial charge on any atom is -0.395 e. The number of Topliss-reactive ketones (excluding diaryl/α,β-unsaturated/α-hetero) is 1. The molecule has 0 bridgehead atoms. The van der Waals surface area contributed by atoms with Crippen molar-refractivity contribution in [2.45, 2.75) is 33.6 Å². The molecule has 1 saturated heterocycles. The van der Waals surface area contributed by atoms with E-state index in [4.69, 9.17) is 10.1 Å². The van der Waals surface area contributed by atoms with Crippen LogP contribution in [0.1, 0.15) is 42.0 Å². The van der Waals surface area contributed by atoms with Crippen LogP contribution in [-0.2, 0) is 6.42 Å². The van der Waals surface area contributed by atoms with Crippen molar-refractivity contribution in [1.29, 1.82) is 0 Å². The van der Waals surface area contributed by atoms with E-state index in [1.165, 1.54) is 0 Å². The molecular weight excluding hydrogens is 292 g/mol. The molecule has 126 valence electrons. The highest BCUT2D eigenvalue weighted by atomic mass is 16.3. The van der Waals surface area contributed by atoms with Crippen molar-refractivity contribution in [3.8, 4) is 0 Å². The third-order valence-corrected chi connectivity index (χ3v) is 4.79. The number of carbonyl (C=O) groups is 1. The maximum absolute atomic E-state index is 12.4. The molecule has 0 amide bonds. The second-order valence-corrected chi connectivity index (χ2v) is 7.42. The van der Waals surface area contributed by atoms with Gasteiger partial charge in [-0.2, -0.15) is 0 Å². The van der Waals surface area contributed by atoms with Crippen molar-refractivity contribution in [3.63, 3.8) is 0 Å². The zero-order chi connectivity index (χ0) is 16.6. The van der Waals surface area contributed by atoms with Crippen molar-refractivity contribution in [2.24, 2.45) is 5.41 Å². The highest BCUT2D eigenvalue weighted by molar-refractivity contribution is 5.99. The van der Waals surface area contributed by atoms with Crippen molar-refractivity contribution < 1.29 is 9.90 Å². The lowest BCUT2D eigenvalue weighted by molar-refractivity contribution is 0.0909. The molecule has 0 aromatic carbocycles. The van der Waals surface area contributed by atoms with Crippen LogP contribution in [0, 0.1) is 12.3 Å². The van der Waals surface area contributed by atoms with Gasteiger partial charge in [0, 0.05) is 39.1 Å². The number of fused-ring (bicyclic) bond motifs is 1. The first-order valence-electron chi connectivity index (χ1n) is 8.38. The number of aliphatic hydroxyl groups is 1. The molecular formula is C17H26N4O2. The summed E-state index contributed by atoms with van der Waals surface area (Å²) >= 11 is 0. The second kappa shape index (κ2) is 6.17. The number of nitrogens with zero attached hydrogens (tertiary/aromatic N) is 4. The van der Waals surface area contributed by atoms with Crippen LogP contribution in [0.15, 0.2) is 0 Å². The minimum absolute atomic E-state index is 0.0258. The molecule has 2 heterocycles. The van der Waals surface area contributed by atoms with Gasteiger partial charge in [-0.15, -0.1) is 0 Å². The average molecular weight is 318 g/mol. The number of piperazine rings is 1. The Kier molecular flexibility index (Phi) is 4.38. The fourth-order valence-corrected chi connectivity index (χ4v) is 3.60. The Morgan fingerprint density at radius 3 is 2.48 bits per heavy atom. The monoisotopic (exact) mass is 318 g/mol. The molecule has 0 atom stereocenters. The molecule has 1 fully saturated rings. The van der Waals surface area contributed by atoms with Gasteiger partial charge in [0.1, 0.15) is 0 Å². The van der Waals surface area contributed by atoms with Crippen molar-refractivity contribution >= 4 is 11.7 Å². The van der Waals surface area contributed by atoms with E-state index in [2.05, 4.69) is 28.6 Å². The van der Waals surface area contributed by atoms with Gasteiger partial charge in [-0.05, 0) is 18.8 Å². The molecule has 1 aliphatic carbocycles. The van der Waals surface area contributed by atoms with E-state index in [0.29, 0.717) is 6.42 Å². The van der Waals surface area contributed by atoms with Gasteiger partial charge in [0.2, 0.25) is 5.95 Å². The number of β-amino-alcohol motifs (C(OH)–C–C–N with tert-alkyl or cyclic N) is 1. The maximum Gasteiger partial charge on any atom is 0.225 e. The molecule has 0 saturated carbocycles. The summed E-state index contributed by atoms with van der Waals surface area (Å²) in [5, 5.41) is 9.03. The van der Waals surface area contributed by atoms with E-state index in [1.54, 1.807) is 0 Å². The summed E-state index contributed by atoms with van der Waals surface area (Å²) in [6.45, 7) is 10.6. The van der Waals surface area contributed by atoms with Gasteiger partial charge in [-0.3, -0.25) is 9.69 Å². The number of ketones is 1. The fourth-order valence-electron chi connectivity index (χ4n) is 3.60. The number of carbonyl (C=O) groups excluding carboxylic acids is 1. The van der Waals surface area contributed by atoms with Crippen molar-refractivity contribution in [1.82, 2.24) is 14.9 Å². The number of hydrogen-bond acceptors (Lipinski definition) is 6. The lowest BCUT2D eigenvalue weighted by atomic mass is 9.75. The molecule has 1 aliphatic heterocycles. The SMILES string of the molecule is Cc1nc(N2CCN(CCO)CC2)nc2c1C(=O)CC(C)(C)C2. The largest absolute Gasteiger partial charge is 0.395 e. The first-order chi connectivity index (χ1) is 10.9. The van der Waals surface area contributed by atoms with Crippen molar-refractivity contribution in [3.05, 3.63) is 17.0 Å². The molecule has 2 aliphatic rings. The second-order valence-electron chi connectivity index (χ2n) is 7.42. The van der Waals surface area contributed by atoms with E-state index in [1.807, 2.05) is 6.92 Å². The van der Waals surface area contributed by atoms with Gasteiger partial charge < -0.3 is 10.0 Å². The summed E-state index contributed by atoms with van der Waals surface area (Å²) in [5.74, 6) is 0.920. The van der Waals surface area contributed by atoms with Gasteiger partial charge in [-0.25, -0.2) is 9.97 Å². The first kappa shape index (κ1) is 16.3. The highest BCUT2D eigenvalue weighted by Gasteiger charge is 2.34. The normalized spacial score (nSPS) is 21.4. The number of aryl methyl sites for hydroxylation is 1. The van der Waals surface area contributed by atoms with E-state index in [0.717, 1.165) is 62.0 Å². The average Bonchev–Trinajstić information content (AvgIpc) is 2.46. The van der Waals surface area contributed by atoms with E-state index in [-0.39, 0.29) is 17.8 Å². The lowest BCUT2D eigenvalue weighted by Gasteiger charge is -2.35. The van der Waals surface area contributed by atoms with Crippen LogP contribution in [0.4, 0.5) is 5.95 Å². The molecule has 6 heteroatoms. The van der Waals surface area contributed by atoms with Crippen LogP contribution >= 0.6 is 0 Å². The summed E-state index contributed by atoms with van der Waals surface area (Å²) in [5.41, 5.74) is 2.43. The van der Waals surface area contributed by atoms with E-state index < -0.39 is 0 Å². The highest BCUT2D eigenvalue weighted by Crippen LogP contribution is 2.35.